The summed E-state index contributed by atoms with van der Waals surface area (Å²) < 4.78 is 0. The topological polar surface area (TPSA) is 49.6 Å². The van der Waals surface area contributed by atoms with Gasteiger partial charge in [-0.25, -0.2) is 0 Å². The molecule has 0 bridgehead atoms. The highest BCUT2D eigenvalue weighted by atomic mass is 35.5. The molecular formula is C16H27Cl2N3O. The Morgan fingerprint density at radius 1 is 1.36 bits per heavy atom. The lowest BCUT2D eigenvalue weighted by atomic mass is 10.1. The standard InChI is InChI=1S/C16H25N3O.2ClH/c1-12(17)8-9-16(20)19-11-14-6-4-5-7-15(14)18(3)10-13(19)2;;/h4-7,12-13H,8-11,17H2,1-3H3;2*1H. The van der Waals surface area contributed by atoms with E-state index in [1.165, 1.54) is 11.3 Å². The van der Waals surface area contributed by atoms with Gasteiger partial charge in [0.25, 0.3) is 0 Å². The monoisotopic (exact) mass is 347 g/mol. The van der Waals surface area contributed by atoms with Crippen LogP contribution in [0.1, 0.15) is 32.3 Å². The molecule has 2 N–H and O–H groups in total. The number of benzene rings is 1. The van der Waals surface area contributed by atoms with Gasteiger partial charge in [-0.15, -0.1) is 24.8 Å². The number of carbonyl (C=O) groups is 1. The summed E-state index contributed by atoms with van der Waals surface area (Å²) in [6.07, 6.45) is 1.29. The molecule has 2 rings (SSSR count). The van der Waals surface area contributed by atoms with Crippen molar-refractivity contribution >= 4 is 36.4 Å². The predicted octanol–water partition coefficient (Wildman–Crippen LogP) is 2.82. The Morgan fingerprint density at radius 2 is 2.00 bits per heavy atom. The second kappa shape index (κ2) is 9.23. The third kappa shape index (κ3) is 5.04. The smallest absolute Gasteiger partial charge is 0.223 e. The van der Waals surface area contributed by atoms with E-state index < -0.39 is 0 Å². The maximum atomic E-state index is 12.4. The molecule has 0 saturated carbocycles. The molecule has 6 heteroatoms. The van der Waals surface area contributed by atoms with E-state index in [-0.39, 0.29) is 42.8 Å². The molecule has 1 aliphatic heterocycles. The summed E-state index contributed by atoms with van der Waals surface area (Å²) in [5.74, 6) is 0.208. The van der Waals surface area contributed by atoms with Crippen molar-refractivity contribution in [2.45, 2.75) is 45.3 Å². The van der Waals surface area contributed by atoms with Gasteiger partial charge >= 0.3 is 0 Å². The molecule has 1 heterocycles. The van der Waals surface area contributed by atoms with E-state index in [2.05, 4.69) is 31.0 Å². The zero-order valence-electron chi connectivity index (χ0n) is 13.5. The van der Waals surface area contributed by atoms with Crippen molar-refractivity contribution in [3.05, 3.63) is 29.8 Å². The van der Waals surface area contributed by atoms with Crippen molar-refractivity contribution < 1.29 is 4.79 Å². The van der Waals surface area contributed by atoms with Gasteiger partial charge in [0.1, 0.15) is 0 Å². The van der Waals surface area contributed by atoms with Gasteiger partial charge in [-0.1, -0.05) is 18.2 Å². The van der Waals surface area contributed by atoms with Gasteiger partial charge in [0.05, 0.1) is 0 Å². The van der Waals surface area contributed by atoms with Crippen molar-refractivity contribution in [3.63, 3.8) is 0 Å². The number of fused-ring (bicyclic) bond motifs is 1. The Balaban J connectivity index is 0.00000220. The first-order valence-electron chi connectivity index (χ1n) is 7.33. The maximum absolute atomic E-state index is 12.4. The van der Waals surface area contributed by atoms with E-state index in [1.54, 1.807) is 0 Å². The van der Waals surface area contributed by atoms with Gasteiger partial charge in [-0.3, -0.25) is 4.79 Å². The Bertz CT molecular complexity index is 482. The van der Waals surface area contributed by atoms with Gasteiger partial charge in [-0.05, 0) is 31.9 Å². The van der Waals surface area contributed by atoms with Crippen LogP contribution in [0.5, 0.6) is 0 Å². The average Bonchev–Trinajstić information content (AvgIpc) is 2.53. The normalized spacial score (nSPS) is 18.5. The first-order chi connectivity index (χ1) is 9.49. The first-order valence-corrected chi connectivity index (χ1v) is 7.33. The van der Waals surface area contributed by atoms with Crippen LogP contribution in [-0.4, -0.2) is 36.5 Å². The van der Waals surface area contributed by atoms with E-state index in [0.29, 0.717) is 13.0 Å². The van der Waals surface area contributed by atoms with Crippen LogP contribution in [0.3, 0.4) is 0 Å². The van der Waals surface area contributed by atoms with Gasteiger partial charge in [0.2, 0.25) is 5.91 Å². The fraction of sp³-hybridized carbons (Fsp3) is 0.562. The van der Waals surface area contributed by atoms with Crippen LogP contribution in [0.4, 0.5) is 5.69 Å². The molecule has 0 fully saturated rings. The van der Waals surface area contributed by atoms with E-state index in [4.69, 9.17) is 5.73 Å². The fourth-order valence-electron chi connectivity index (χ4n) is 2.78. The Kier molecular flexibility index (Phi) is 8.83. The summed E-state index contributed by atoms with van der Waals surface area (Å²) in [4.78, 5) is 16.7. The Labute approximate surface area is 145 Å². The van der Waals surface area contributed by atoms with Gasteiger partial charge < -0.3 is 15.5 Å². The van der Waals surface area contributed by atoms with Crippen LogP contribution in [-0.2, 0) is 11.3 Å². The minimum atomic E-state index is 0. The van der Waals surface area contributed by atoms with Crippen LogP contribution in [0.2, 0.25) is 0 Å². The highest BCUT2D eigenvalue weighted by molar-refractivity contribution is 5.85. The maximum Gasteiger partial charge on any atom is 0.223 e. The quantitative estimate of drug-likeness (QED) is 0.914. The summed E-state index contributed by atoms with van der Waals surface area (Å²) in [7, 11) is 2.09. The molecule has 4 nitrogen and oxygen atoms in total. The predicted molar refractivity (Wildman–Crippen MR) is 97.1 cm³/mol. The minimum Gasteiger partial charge on any atom is -0.372 e. The molecule has 0 saturated heterocycles. The molecule has 2 unspecified atom stereocenters. The summed E-state index contributed by atoms with van der Waals surface area (Å²) >= 11 is 0. The van der Waals surface area contributed by atoms with Crippen LogP contribution in [0.15, 0.2) is 24.3 Å². The first kappa shape index (κ1) is 21.0. The van der Waals surface area contributed by atoms with Crippen LogP contribution in [0.25, 0.3) is 0 Å². The zero-order valence-corrected chi connectivity index (χ0v) is 15.1. The molecule has 0 aromatic heterocycles. The van der Waals surface area contributed by atoms with E-state index >= 15 is 0 Å². The number of anilines is 1. The van der Waals surface area contributed by atoms with Crippen molar-refractivity contribution in [2.75, 3.05) is 18.5 Å². The molecule has 1 amide bonds. The SMILES string of the molecule is CC(N)CCC(=O)N1Cc2ccccc2N(C)CC1C.Cl.Cl. The number of rotatable bonds is 3. The fourth-order valence-corrected chi connectivity index (χ4v) is 2.78. The second-order valence-electron chi connectivity index (χ2n) is 5.90. The van der Waals surface area contributed by atoms with E-state index in [0.717, 1.165) is 13.0 Å². The third-order valence-corrected chi connectivity index (χ3v) is 3.95. The summed E-state index contributed by atoms with van der Waals surface area (Å²) in [5.41, 5.74) is 8.20. The molecule has 1 aliphatic rings. The molecule has 0 radical (unpaired) electrons. The number of amides is 1. The van der Waals surface area contributed by atoms with Gasteiger partial charge in [-0.2, -0.15) is 0 Å². The van der Waals surface area contributed by atoms with Gasteiger partial charge in [0.15, 0.2) is 0 Å². The number of para-hydroxylation sites is 1. The highest BCUT2D eigenvalue weighted by Gasteiger charge is 2.26. The van der Waals surface area contributed by atoms with Gasteiger partial charge in [0, 0.05) is 44.3 Å². The van der Waals surface area contributed by atoms with Crippen molar-refractivity contribution in [1.82, 2.24) is 4.90 Å². The molecule has 126 valence electrons. The van der Waals surface area contributed by atoms with E-state index in [1.807, 2.05) is 24.0 Å². The number of halogens is 2. The summed E-state index contributed by atoms with van der Waals surface area (Å²) in [6.45, 7) is 5.62. The molecule has 0 spiro atoms. The molecule has 2 atom stereocenters. The number of likely N-dealkylation sites (N-methyl/N-ethyl adjacent to an activating group) is 1. The highest BCUT2D eigenvalue weighted by Crippen LogP contribution is 2.26. The van der Waals surface area contributed by atoms with Crippen LogP contribution in [0, 0.1) is 0 Å². The lowest BCUT2D eigenvalue weighted by molar-refractivity contribution is -0.133. The Morgan fingerprint density at radius 3 is 2.64 bits per heavy atom. The number of hydrogen-bond acceptors (Lipinski definition) is 3. The second-order valence-corrected chi connectivity index (χ2v) is 5.90. The van der Waals surface area contributed by atoms with Crippen molar-refractivity contribution in [2.24, 2.45) is 5.73 Å². The molecule has 1 aromatic rings. The minimum absolute atomic E-state index is 0. The molecule has 0 aliphatic carbocycles. The Hall–Kier alpha value is -0.970. The summed E-state index contributed by atoms with van der Waals surface area (Å²) in [6, 6.07) is 8.61. The van der Waals surface area contributed by atoms with Crippen LogP contribution < -0.4 is 10.6 Å². The number of hydrogen-bond donors (Lipinski definition) is 1. The number of nitrogens with zero attached hydrogens (tertiary/aromatic N) is 2. The number of nitrogens with two attached hydrogens (primary N) is 1. The van der Waals surface area contributed by atoms with Crippen molar-refractivity contribution in [1.29, 1.82) is 0 Å². The van der Waals surface area contributed by atoms with Crippen molar-refractivity contribution in [3.8, 4) is 0 Å². The lowest BCUT2D eigenvalue weighted by Crippen LogP contribution is -2.42. The average molecular weight is 348 g/mol. The third-order valence-electron chi connectivity index (χ3n) is 3.95. The molecule has 22 heavy (non-hydrogen) atoms. The lowest BCUT2D eigenvalue weighted by Gasteiger charge is -2.28. The van der Waals surface area contributed by atoms with Crippen LogP contribution >= 0.6 is 24.8 Å². The van der Waals surface area contributed by atoms with E-state index in [9.17, 15) is 4.79 Å². The summed E-state index contributed by atoms with van der Waals surface area (Å²) in [5, 5.41) is 0. The number of carbonyl (C=O) groups excluding carboxylic acids is 1. The molecule has 1 aromatic carbocycles. The zero-order chi connectivity index (χ0) is 14.7. The largest absolute Gasteiger partial charge is 0.372 e. The molecular weight excluding hydrogens is 321 g/mol.